The summed E-state index contributed by atoms with van der Waals surface area (Å²) in [5.74, 6) is -0.586. The lowest BCUT2D eigenvalue weighted by Crippen LogP contribution is -2.49. The Labute approximate surface area is 146 Å². The smallest absolute Gasteiger partial charge is 0.317 e. The van der Waals surface area contributed by atoms with E-state index in [-0.39, 0.29) is 24.0 Å². The largest absolute Gasteiger partial charge is 0.469 e. The molecule has 0 saturated heterocycles. The molecule has 1 saturated carbocycles. The van der Waals surface area contributed by atoms with Crippen molar-refractivity contribution >= 4 is 12.0 Å². The van der Waals surface area contributed by atoms with Gasteiger partial charge in [0.15, 0.2) is 0 Å². The maximum atomic E-state index is 12.7. The first-order valence-corrected chi connectivity index (χ1v) is 9.37. The molecule has 0 bridgehead atoms. The molecule has 1 fully saturated rings. The van der Waals surface area contributed by atoms with Crippen LogP contribution in [-0.2, 0) is 9.53 Å². The molecule has 0 spiro atoms. The van der Waals surface area contributed by atoms with Gasteiger partial charge in [0.25, 0.3) is 0 Å². The van der Waals surface area contributed by atoms with E-state index in [0.717, 1.165) is 32.5 Å². The molecule has 0 aliphatic heterocycles. The highest BCUT2D eigenvalue weighted by atomic mass is 16.5. The van der Waals surface area contributed by atoms with Crippen molar-refractivity contribution in [1.82, 2.24) is 15.1 Å². The van der Waals surface area contributed by atoms with Crippen molar-refractivity contribution in [1.29, 1.82) is 0 Å². The third kappa shape index (κ3) is 7.07. The molecule has 2 amide bonds. The highest BCUT2D eigenvalue weighted by molar-refractivity contribution is 5.76. The van der Waals surface area contributed by atoms with Gasteiger partial charge in [-0.1, -0.05) is 40.0 Å². The van der Waals surface area contributed by atoms with Crippen molar-refractivity contribution in [2.75, 3.05) is 39.8 Å². The van der Waals surface area contributed by atoms with Crippen LogP contribution in [0.5, 0.6) is 0 Å². The van der Waals surface area contributed by atoms with E-state index < -0.39 is 0 Å². The summed E-state index contributed by atoms with van der Waals surface area (Å²) in [4.78, 5) is 28.5. The number of ether oxygens (including phenoxy) is 1. The zero-order valence-electron chi connectivity index (χ0n) is 15.8. The zero-order valence-corrected chi connectivity index (χ0v) is 15.8. The number of carbonyl (C=O) groups is 2. The van der Waals surface area contributed by atoms with Crippen molar-refractivity contribution in [2.24, 2.45) is 5.92 Å². The first kappa shape index (κ1) is 20.7. The van der Waals surface area contributed by atoms with Crippen LogP contribution >= 0.6 is 0 Å². The molecule has 24 heavy (non-hydrogen) atoms. The van der Waals surface area contributed by atoms with E-state index in [1.807, 2.05) is 6.92 Å². The molecule has 0 aromatic rings. The number of carbonyl (C=O) groups excluding carboxylic acids is 2. The second-order valence-electron chi connectivity index (χ2n) is 6.68. The molecule has 1 atom stereocenters. The van der Waals surface area contributed by atoms with Crippen LogP contribution in [0.25, 0.3) is 0 Å². The van der Waals surface area contributed by atoms with Gasteiger partial charge >= 0.3 is 12.0 Å². The normalized spacial score (nSPS) is 16.7. The molecule has 6 heteroatoms. The number of hydrogen-bond donors (Lipinski definition) is 1. The molecule has 0 aromatic heterocycles. The number of nitrogens with zero attached hydrogens (tertiary/aromatic N) is 2. The minimum Gasteiger partial charge on any atom is -0.469 e. The number of amides is 2. The molecule has 1 aliphatic rings. The molecule has 1 N–H and O–H groups in total. The SMILES string of the molecule is CCN(CC)CCN(CC(C)C(=O)OC)C(=O)NC1CCCCC1. The Morgan fingerprint density at radius 2 is 1.75 bits per heavy atom. The lowest BCUT2D eigenvalue weighted by molar-refractivity contribution is -0.145. The van der Waals surface area contributed by atoms with Crippen molar-refractivity contribution in [3.63, 3.8) is 0 Å². The molecule has 0 aromatic carbocycles. The predicted molar refractivity (Wildman–Crippen MR) is 95.9 cm³/mol. The highest BCUT2D eigenvalue weighted by Crippen LogP contribution is 2.17. The van der Waals surface area contributed by atoms with Crippen LogP contribution < -0.4 is 5.32 Å². The quantitative estimate of drug-likeness (QED) is 0.655. The average molecular weight is 341 g/mol. The van der Waals surface area contributed by atoms with Crippen molar-refractivity contribution in [3.8, 4) is 0 Å². The van der Waals surface area contributed by atoms with Crippen LogP contribution in [0, 0.1) is 5.92 Å². The first-order chi connectivity index (χ1) is 11.5. The minimum absolute atomic E-state index is 0.0511. The summed E-state index contributed by atoms with van der Waals surface area (Å²) in [5, 5.41) is 3.16. The molecule has 0 radical (unpaired) electrons. The Kier molecular flexibility index (Phi) is 9.76. The highest BCUT2D eigenvalue weighted by Gasteiger charge is 2.24. The molecule has 140 valence electrons. The van der Waals surface area contributed by atoms with Gasteiger partial charge in [0.1, 0.15) is 0 Å². The topological polar surface area (TPSA) is 61.9 Å². The lowest BCUT2D eigenvalue weighted by atomic mass is 9.96. The first-order valence-electron chi connectivity index (χ1n) is 9.37. The van der Waals surface area contributed by atoms with Gasteiger partial charge < -0.3 is 19.9 Å². The van der Waals surface area contributed by atoms with E-state index in [9.17, 15) is 9.59 Å². The van der Waals surface area contributed by atoms with Gasteiger partial charge in [-0.3, -0.25) is 4.79 Å². The van der Waals surface area contributed by atoms with Gasteiger partial charge in [0.2, 0.25) is 0 Å². The van der Waals surface area contributed by atoms with Gasteiger partial charge in [-0.2, -0.15) is 0 Å². The lowest BCUT2D eigenvalue weighted by Gasteiger charge is -2.31. The number of hydrogen-bond acceptors (Lipinski definition) is 4. The summed E-state index contributed by atoms with van der Waals surface area (Å²) in [5.41, 5.74) is 0. The van der Waals surface area contributed by atoms with Gasteiger partial charge in [-0.25, -0.2) is 4.79 Å². The summed E-state index contributed by atoms with van der Waals surface area (Å²) >= 11 is 0. The fourth-order valence-electron chi connectivity index (χ4n) is 3.20. The van der Waals surface area contributed by atoms with Crippen LogP contribution in [0.3, 0.4) is 0 Å². The summed E-state index contributed by atoms with van der Waals surface area (Å²) in [6.45, 7) is 9.81. The van der Waals surface area contributed by atoms with E-state index >= 15 is 0 Å². The fourth-order valence-corrected chi connectivity index (χ4v) is 3.20. The molecule has 1 unspecified atom stereocenters. The Hall–Kier alpha value is -1.30. The number of likely N-dealkylation sites (N-methyl/N-ethyl adjacent to an activating group) is 1. The maximum absolute atomic E-state index is 12.7. The molecule has 6 nitrogen and oxygen atoms in total. The number of nitrogens with one attached hydrogen (secondary N) is 1. The van der Waals surface area contributed by atoms with Crippen LogP contribution in [0.2, 0.25) is 0 Å². The van der Waals surface area contributed by atoms with Crippen LogP contribution in [0.15, 0.2) is 0 Å². The molecule has 1 aliphatic carbocycles. The maximum Gasteiger partial charge on any atom is 0.317 e. The van der Waals surface area contributed by atoms with E-state index in [1.54, 1.807) is 4.90 Å². The Bertz CT molecular complexity index is 380. The molecule has 0 heterocycles. The van der Waals surface area contributed by atoms with E-state index in [4.69, 9.17) is 4.74 Å². The third-order valence-corrected chi connectivity index (χ3v) is 4.90. The zero-order chi connectivity index (χ0) is 17.9. The van der Waals surface area contributed by atoms with Crippen molar-refractivity contribution in [2.45, 2.75) is 58.9 Å². The van der Waals surface area contributed by atoms with E-state index in [0.29, 0.717) is 13.1 Å². The van der Waals surface area contributed by atoms with E-state index in [2.05, 4.69) is 24.1 Å². The number of rotatable bonds is 9. The van der Waals surface area contributed by atoms with Gasteiger partial charge in [-0.15, -0.1) is 0 Å². The summed E-state index contributed by atoms with van der Waals surface area (Å²) in [6.07, 6.45) is 5.74. The summed E-state index contributed by atoms with van der Waals surface area (Å²) < 4.78 is 4.80. The molecular formula is C18H35N3O3. The fraction of sp³-hybridized carbons (Fsp3) is 0.889. The Balaban J connectivity index is 2.63. The average Bonchev–Trinajstić information content (AvgIpc) is 2.61. The van der Waals surface area contributed by atoms with Crippen LogP contribution in [0.1, 0.15) is 52.9 Å². The second kappa shape index (κ2) is 11.3. The Morgan fingerprint density at radius 1 is 1.12 bits per heavy atom. The van der Waals surface area contributed by atoms with E-state index in [1.165, 1.54) is 26.4 Å². The van der Waals surface area contributed by atoms with Crippen LogP contribution in [-0.4, -0.2) is 67.7 Å². The van der Waals surface area contributed by atoms with Crippen molar-refractivity contribution < 1.29 is 14.3 Å². The predicted octanol–water partition coefficient (Wildman–Crippen LogP) is 2.48. The monoisotopic (exact) mass is 341 g/mol. The summed E-state index contributed by atoms with van der Waals surface area (Å²) in [7, 11) is 1.39. The van der Waals surface area contributed by atoms with Crippen LogP contribution in [0.4, 0.5) is 4.79 Å². The van der Waals surface area contributed by atoms with Gasteiger partial charge in [0.05, 0.1) is 13.0 Å². The number of methoxy groups -OCH3 is 1. The molecular weight excluding hydrogens is 306 g/mol. The minimum atomic E-state index is -0.316. The number of esters is 1. The summed E-state index contributed by atoms with van der Waals surface area (Å²) in [6, 6.07) is 0.223. The van der Waals surface area contributed by atoms with Crippen molar-refractivity contribution in [3.05, 3.63) is 0 Å². The molecule has 1 rings (SSSR count). The van der Waals surface area contributed by atoms with Gasteiger partial charge in [0, 0.05) is 25.7 Å². The van der Waals surface area contributed by atoms with Gasteiger partial charge in [-0.05, 0) is 25.9 Å². The second-order valence-corrected chi connectivity index (χ2v) is 6.68. The third-order valence-electron chi connectivity index (χ3n) is 4.90. The standard InChI is InChI=1S/C18H35N3O3/c1-5-20(6-2)12-13-21(14-15(3)17(22)24-4)18(23)19-16-10-8-7-9-11-16/h15-16H,5-14H2,1-4H3,(H,19,23). The Morgan fingerprint density at radius 3 is 2.29 bits per heavy atom. The number of urea groups is 1.